The van der Waals surface area contributed by atoms with E-state index in [-0.39, 0.29) is 17.1 Å². The lowest BCUT2D eigenvalue weighted by atomic mass is 10.2. The topological polar surface area (TPSA) is 86.0 Å². The van der Waals surface area contributed by atoms with Gasteiger partial charge in [0.15, 0.2) is 5.75 Å². The SMILES string of the molecule is CC(=O)Oc1c(O)c2c(OC(C)C)cccc2oc1=O. The zero-order chi connectivity index (χ0) is 14.9. The summed E-state index contributed by atoms with van der Waals surface area (Å²) in [5.41, 5.74) is -0.770. The molecule has 2 rings (SSSR count). The third kappa shape index (κ3) is 2.59. The first kappa shape index (κ1) is 13.9. The fraction of sp³-hybridized carbons (Fsp3) is 0.286. The molecule has 1 aromatic carbocycles. The lowest BCUT2D eigenvalue weighted by Gasteiger charge is -2.13. The van der Waals surface area contributed by atoms with Gasteiger partial charge in [0.1, 0.15) is 16.7 Å². The van der Waals surface area contributed by atoms with Crippen LogP contribution in [0.15, 0.2) is 27.4 Å². The van der Waals surface area contributed by atoms with Crippen LogP contribution in [0.5, 0.6) is 17.2 Å². The van der Waals surface area contributed by atoms with Crippen LogP contribution in [0.25, 0.3) is 11.0 Å². The Labute approximate surface area is 114 Å². The lowest BCUT2D eigenvalue weighted by Crippen LogP contribution is -2.12. The maximum absolute atomic E-state index is 11.7. The quantitative estimate of drug-likeness (QED) is 0.684. The van der Waals surface area contributed by atoms with Crippen molar-refractivity contribution in [2.45, 2.75) is 26.9 Å². The zero-order valence-electron chi connectivity index (χ0n) is 11.3. The van der Waals surface area contributed by atoms with E-state index in [1.54, 1.807) is 12.1 Å². The van der Waals surface area contributed by atoms with Crippen molar-refractivity contribution in [2.75, 3.05) is 0 Å². The molecule has 1 aromatic heterocycles. The Kier molecular flexibility index (Phi) is 3.65. The maximum Gasteiger partial charge on any atom is 0.383 e. The van der Waals surface area contributed by atoms with Gasteiger partial charge >= 0.3 is 11.6 Å². The van der Waals surface area contributed by atoms with Crippen molar-refractivity contribution in [3.05, 3.63) is 28.6 Å². The highest BCUT2D eigenvalue weighted by molar-refractivity contribution is 5.91. The van der Waals surface area contributed by atoms with E-state index in [0.717, 1.165) is 6.92 Å². The van der Waals surface area contributed by atoms with Crippen LogP contribution >= 0.6 is 0 Å². The first-order valence-electron chi connectivity index (χ1n) is 6.04. The Balaban J connectivity index is 2.73. The van der Waals surface area contributed by atoms with Gasteiger partial charge in [0.05, 0.1) is 6.10 Å². The highest BCUT2D eigenvalue weighted by atomic mass is 16.6. The van der Waals surface area contributed by atoms with E-state index < -0.39 is 23.1 Å². The van der Waals surface area contributed by atoms with Gasteiger partial charge in [0, 0.05) is 6.92 Å². The minimum absolute atomic E-state index is 0.135. The average Bonchev–Trinajstić information content (AvgIpc) is 2.33. The highest BCUT2D eigenvalue weighted by Gasteiger charge is 2.20. The van der Waals surface area contributed by atoms with Crippen LogP contribution in [0.3, 0.4) is 0 Å². The van der Waals surface area contributed by atoms with E-state index in [1.807, 2.05) is 13.8 Å². The van der Waals surface area contributed by atoms with Crippen molar-refractivity contribution in [3.63, 3.8) is 0 Å². The second-order valence-corrected chi connectivity index (χ2v) is 4.46. The number of esters is 1. The number of carbonyl (C=O) groups is 1. The number of aromatic hydroxyl groups is 1. The molecule has 0 unspecified atom stereocenters. The summed E-state index contributed by atoms with van der Waals surface area (Å²) in [6.07, 6.45) is -0.135. The van der Waals surface area contributed by atoms with Gasteiger partial charge in [0.2, 0.25) is 0 Å². The molecule has 0 aliphatic heterocycles. The summed E-state index contributed by atoms with van der Waals surface area (Å²) < 4.78 is 15.3. The van der Waals surface area contributed by atoms with Gasteiger partial charge < -0.3 is 19.0 Å². The monoisotopic (exact) mass is 278 g/mol. The Morgan fingerprint density at radius 3 is 2.65 bits per heavy atom. The molecule has 0 atom stereocenters. The number of hydrogen-bond donors (Lipinski definition) is 1. The molecule has 0 bridgehead atoms. The molecule has 1 heterocycles. The first-order valence-corrected chi connectivity index (χ1v) is 6.04. The van der Waals surface area contributed by atoms with Crippen molar-refractivity contribution in [3.8, 4) is 17.2 Å². The summed E-state index contributed by atoms with van der Waals surface area (Å²) in [6.45, 7) is 4.77. The molecule has 0 radical (unpaired) electrons. The van der Waals surface area contributed by atoms with Crippen molar-refractivity contribution in [1.29, 1.82) is 0 Å². The van der Waals surface area contributed by atoms with Gasteiger partial charge in [-0.25, -0.2) is 4.79 Å². The predicted molar refractivity (Wildman–Crippen MR) is 71.2 cm³/mol. The molecule has 0 fully saturated rings. The van der Waals surface area contributed by atoms with E-state index >= 15 is 0 Å². The van der Waals surface area contributed by atoms with E-state index in [1.165, 1.54) is 6.07 Å². The van der Waals surface area contributed by atoms with Gasteiger partial charge in [-0.1, -0.05) is 6.07 Å². The zero-order valence-corrected chi connectivity index (χ0v) is 11.3. The minimum Gasteiger partial charge on any atom is -0.503 e. The minimum atomic E-state index is -0.924. The normalized spacial score (nSPS) is 10.8. The van der Waals surface area contributed by atoms with Crippen LogP contribution in [0.1, 0.15) is 20.8 Å². The van der Waals surface area contributed by atoms with E-state index in [9.17, 15) is 14.7 Å². The number of carbonyl (C=O) groups excluding carboxylic acids is 1. The molecule has 0 saturated carbocycles. The molecule has 1 N–H and O–H groups in total. The van der Waals surface area contributed by atoms with Gasteiger partial charge in [-0.05, 0) is 26.0 Å². The average molecular weight is 278 g/mol. The summed E-state index contributed by atoms with van der Waals surface area (Å²) in [4.78, 5) is 22.6. The molecular formula is C14H14O6. The molecule has 0 amide bonds. The van der Waals surface area contributed by atoms with Gasteiger partial charge in [0.25, 0.3) is 5.75 Å². The van der Waals surface area contributed by atoms with Crippen molar-refractivity contribution < 1.29 is 23.8 Å². The molecule has 20 heavy (non-hydrogen) atoms. The molecule has 106 valence electrons. The fourth-order valence-electron chi connectivity index (χ4n) is 1.77. The Morgan fingerprint density at radius 2 is 2.05 bits per heavy atom. The van der Waals surface area contributed by atoms with Crippen LogP contribution < -0.4 is 15.1 Å². The molecule has 0 aliphatic rings. The van der Waals surface area contributed by atoms with Crippen LogP contribution in [0.4, 0.5) is 0 Å². The number of benzene rings is 1. The van der Waals surface area contributed by atoms with E-state index in [2.05, 4.69) is 0 Å². The summed E-state index contributed by atoms with van der Waals surface area (Å²) in [5, 5.41) is 10.3. The third-order valence-corrected chi connectivity index (χ3v) is 2.44. The first-order chi connectivity index (χ1) is 9.40. The smallest absolute Gasteiger partial charge is 0.383 e. The van der Waals surface area contributed by atoms with Crippen LogP contribution in [-0.2, 0) is 4.79 Å². The number of fused-ring (bicyclic) bond motifs is 1. The molecular weight excluding hydrogens is 264 g/mol. The standard InChI is InChI=1S/C14H14O6/c1-7(2)18-9-5-4-6-10-11(9)12(16)13(14(17)20-10)19-8(3)15/h4-7,16H,1-3H3. The summed E-state index contributed by atoms with van der Waals surface area (Å²) in [5.74, 6) is -1.39. The van der Waals surface area contributed by atoms with Crippen LogP contribution in [0.2, 0.25) is 0 Å². The highest BCUT2D eigenvalue weighted by Crippen LogP contribution is 2.38. The second-order valence-electron chi connectivity index (χ2n) is 4.46. The summed E-state index contributed by atoms with van der Waals surface area (Å²) in [7, 11) is 0. The van der Waals surface area contributed by atoms with E-state index in [0.29, 0.717) is 5.75 Å². The maximum atomic E-state index is 11.7. The predicted octanol–water partition coefficient (Wildman–Crippen LogP) is 2.21. The van der Waals surface area contributed by atoms with E-state index in [4.69, 9.17) is 13.9 Å². The van der Waals surface area contributed by atoms with Crippen molar-refractivity contribution in [1.82, 2.24) is 0 Å². The van der Waals surface area contributed by atoms with Gasteiger partial charge in [-0.2, -0.15) is 0 Å². The molecule has 0 spiro atoms. The number of ether oxygens (including phenoxy) is 2. The molecule has 2 aromatic rings. The van der Waals surface area contributed by atoms with Gasteiger partial charge in [-0.15, -0.1) is 0 Å². The molecule has 6 nitrogen and oxygen atoms in total. The van der Waals surface area contributed by atoms with Crippen LogP contribution in [-0.4, -0.2) is 17.2 Å². The Morgan fingerprint density at radius 1 is 1.35 bits per heavy atom. The Bertz CT molecular complexity index is 713. The summed E-state index contributed by atoms with van der Waals surface area (Å²) >= 11 is 0. The molecule has 6 heteroatoms. The fourth-order valence-corrected chi connectivity index (χ4v) is 1.77. The number of hydrogen-bond acceptors (Lipinski definition) is 6. The largest absolute Gasteiger partial charge is 0.503 e. The molecule has 0 saturated heterocycles. The third-order valence-electron chi connectivity index (χ3n) is 2.44. The lowest BCUT2D eigenvalue weighted by molar-refractivity contribution is -0.132. The second kappa shape index (κ2) is 5.24. The summed E-state index contributed by atoms with van der Waals surface area (Å²) in [6, 6.07) is 4.77. The van der Waals surface area contributed by atoms with Crippen LogP contribution in [0, 0.1) is 0 Å². The van der Waals surface area contributed by atoms with Gasteiger partial charge in [-0.3, -0.25) is 4.79 Å². The number of rotatable bonds is 3. The Hall–Kier alpha value is -2.50. The molecule has 0 aliphatic carbocycles. The van der Waals surface area contributed by atoms with Crippen molar-refractivity contribution in [2.24, 2.45) is 0 Å². The van der Waals surface area contributed by atoms with Crippen molar-refractivity contribution >= 4 is 16.9 Å².